The van der Waals surface area contributed by atoms with Crippen molar-refractivity contribution in [2.75, 3.05) is 7.11 Å². The van der Waals surface area contributed by atoms with E-state index < -0.39 is 18.1 Å². The number of alkyl halides is 7. The summed E-state index contributed by atoms with van der Waals surface area (Å²) in [6, 6.07) is 3.37. The van der Waals surface area contributed by atoms with Crippen LogP contribution in [0.5, 0.6) is 11.5 Å². The molecule has 170 valence electrons. The Bertz CT molecular complexity index is 936. The minimum atomic E-state index is -6.48. The second kappa shape index (κ2) is 9.39. The van der Waals surface area contributed by atoms with Crippen LogP contribution in [0.15, 0.2) is 41.5 Å². The molecule has 13 heteroatoms. The molecular weight excluding hydrogens is 480 g/mol. The van der Waals surface area contributed by atoms with E-state index in [1.54, 1.807) is 24.3 Å². The maximum atomic E-state index is 13.2. The minimum Gasteiger partial charge on any atom is -0.493 e. The zero-order valence-electron chi connectivity index (χ0n) is 15.4. The van der Waals surface area contributed by atoms with Crippen LogP contribution in [-0.4, -0.2) is 31.5 Å². The monoisotopic (exact) mass is 492 g/mol. The second-order valence-electron chi connectivity index (χ2n) is 5.97. The van der Waals surface area contributed by atoms with Crippen LogP contribution in [0.4, 0.5) is 30.7 Å². The number of halogens is 9. The van der Waals surface area contributed by atoms with Gasteiger partial charge in [-0.05, 0) is 35.4 Å². The normalized spacial score (nSPS) is 12.8. The largest absolute Gasteiger partial charge is 0.493 e. The molecule has 0 bridgehead atoms. The molecule has 2 aromatic rings. The molecule has 0 fully saturated rings. The lowest BCUT2D eigenvalue weighted by Crippen LogP contribution is -2.58. The standard InChI is InChI=1S/C18H13Cl2F7N2O2/c1-30-14-7-11(8-28-29-18(26,27)16(21,22)17(23,24)25)6-13(20)15(14)31-9-10-2-4-12(19)5-3-10/h2-8,29H,9H2,1H3/b28-8+. The fourth-order valence-electron chi connectivity index (χ4n) is 2.13. The average molecular weight is 493 g/mol. The molecule has 2 aromatic carbocycles. The van der Waals surface area contributed by atoms with Crippen molar-refractivity contribution in [1.82, 2.24) is 5.43 Å². The summed E-state index contributed by atoms with van der Waals surface area (Å²) in [5, 5.41) is 3.24. The van der Waals surface area contributed by atoms with Gasteiger partial charge in [-0.3, -0.25) is 0 Å². The number of hydrazone groups is 1. The van der Waals surface area contributed by atoms with Crippen LogP contribution >= 0.6 is 23.2 Å². The predicted molar refractivity (Wildman–Crippen MR) is 100 cm³/mol. The van der Waals surface area contributed by atoms with E-state index >= 15 is 0 Å². The van der Waals surface area contributed by atoms with Crippen LogP contribution < -0.4 is 14.9 Å². The third-order valence-corrected chi connectivity index (χ3v) is 4.25. The minimum absolute atomic E-state index is 0.0373. The summed E-state index contributed by atoms with van der Waals surface area (Å²) < 4.78 is 99.1. The van der Waals surface area contributed by atoms with Crippen molar-refractivity contribution in [2.24, 2.45) is 5.10 Å². The van der Waals surface area contributed by atoms with Crippen LogP contribution in [0.25, 0.3) is 0 Å². The number of hydrogen-bond acceptors (Lipinski definition) is 4. The summed E-state index contributed by atoms with van der Waals surface area (Å²) >= 11 is 11.9. The highest BCUT2D eigenvalue weighted by molar-refractivity contribution is 6.32. The molecule has 0 aliphatic rings. The molecule has 0 aliphatic heterocycles. The fourth-order valence-corrected chi connectivity index (χ4v) is 2.53. The van der Waals surface area contributed by atoms with Gasteiger partial charge < -0.3 is 9.47 Å². The molecule has 1 N–H and O–H groups in total. The summed E-state index contributed by atoms with van der Waals surface area (Å²) in [6.45, 7) is 0.0704. The molecule has 0 aromatic heterocycles. The predicted octanol–water partition coefficient (Wildman–Crippen LogP) is 6.29. The zero-order valence-corrected chi connectivity index (χ0v) is 16.9. The molecule has 4 nitrogen and oxygen atoms in total. The van der Waals surface area contributed by atoms with Crippen molar-refractivity contribution in [1.29, 1.82) is 0 Å². The summed E-state index contributed by atoms with van der Waals surface area (Å²) in [7, 11) is 1.25. The van der Waals surface area contributed by atoms with E-state index in [9.17, 15) is 30.7 Å². The van der Waals surface area contributed by atoms with Gasteiger partial charge in [-0.15, -0.1) is 0 Å². The van der Waals surface area contributed by atoms with E-state index in [4.69, 9.17) is 32.7 Å². The summed E-state index contributed by atoms with van der Waals surface area (Å²) in [6.07, 6.45) is -5.91. The van der Waals surface area contributed by atoms with E-state index in [1.807, 2.05) is 0 Å². The first-order valence-corrected chi connectivity index (χ1v) is 8.91. The second-order valence-corrected chi connectivity index (χ2v) is 6.81. The third-order valence-electron chi connectivity index (χ3n) is 3.72. The van der Waals surface area contributed by atoms with Crippen molar-refractivity contribution >= 4 is 29.4 Å². The molecule has 0 amide bonds. The number of nitrogens with zero attached hydrogens (tertiary/aromatic N) is 1. The molecule has 0 saturated heterocycles. The van der Waals surface area contributed by atoms with Crippen LogP contribution in [0.1, 0.15) is 11.1 Å². The number of benzene rings is 2. The van der Waals surface area contributed by atoms with E-state index in [2.05, 4.69) is 5.10 Å². The summed E-state index contributed by atoms with van der Waals surface area (Å²) in [5.74, 6) is -6.22. The van der Waals surface area contributed by atoms with Gasteiger partial charge in [-0.25, -0.2) is 5.43 Å². The Kier molecular flexibility index (Phi) is 7.53. The number of methoxy groups -OCH3 is 1. The van der Waals surface area contributed by atoms with Crippen molar-refractivity contribution in [3.8, 4) is 11.5 Å². The van der Waals surface area contributed by atoms with Crippen LogP contribution in [0, 0.1) is 0 Å². The van der Waals surface area contributed by atoms with Crippen LogP contribution in [0.2, 0.25) is 10.0 Å². The first kappa shape index (κ1) is 24.9. The van der Waals surface area contributed by atoms with Gasteiger partial charge in [0, 0.05) is 5.02 Å². The molecule has 0 spiro atoms. The van der Waals surface area contributed by atoms with E-state index in [-0.39, 0.29) is 28.7 Å². The van der Waals surface area contributed by atoms with Crippen molar-refractivity contribution in [2.45, 2.75) is 24.8 Å². The molecule has 2 rings (SSSR count). The highest BCUT2D eigenvalue weighted by Gasteiger charge is 2.73. The third kappa shape index (κ3) is 5.85. The first-order chi connectivity index (χ1) is 14.3. The molecule has 0 atom stereocenters. The van der Waals surface area contributed by atoms with E-state index in [0.29, 0.717) is 16.7 Å². The van der Waals surface area contributed by atoms with Gasteiger partial charge >= 0.3 is 18.1 Å². The SMILES string of the molecule is COc1cc(/C=N/NC(F)(F)C(F)(F)C(F)(F)F)cc(Cl)c1OCc1ccc(Cl)cc1. The number of hydrogen-bond donors (Lipinski definition) is 1. The van der Waals surface area contributed by atoms with E-state index in [0.717, 1.165) is 11.6 Å². The lowest BCUT2D eigenvalue weighted by Gasteiger charge is -2.27. The lowest BCUT2D eigenvalue weighted by atomic mass is 10.2. The van der Waals surface area contributed by atoms with Gasteiger partial charge in [-0.2, -0.15) is 35.8 Å². The quantitative estimate of drug-likeness (QED) is 0.203. The maximum Gasteiger partial charge on any atom is 0.462 e. The first-order valence-electron chi connectivity index (χ1n) is 8.16. The summed E-state index contributed by atoms with van der Waals surface area (Å²) in [4.78, 5) is 0. The molecule has 0 unspecified atom stereocenters. The number of ether oxygens (including phenoxy) is 2. The van der Waals surface area contributed by atoms with Gasteiger partial charge in [0.05, 0.1) is 18.3 Å². The zero-order chi connectivity index (χ0) is 23.4. The molecule has 0 saturated carbocycles. The van der Waals surface area contributed by atoms with Gasteiger partial charge in [0.15, 0.2) is 11.5 Å². The Morgan fingerprint density at radius 3 is 2.16 bits per heavy atom. The summed E-state index contributed by atoms with van der Waals surface area (Å²) in [5.41, 5.74) is 1.22. The highest BCUT2D eigenvalue weighted by atomic mass is 35.5. The van der Waals surface area contributed by atoms with Gasteiger partial charge in [0.25, 0.3) is 0 Å². The Morgan fingerprint density at radius 1 is 1.00 bits per heavy atom. The highest BCUT2D eigenvalue weighted by Crippen LogP contribution is 2.45. The number of nitrogens with one attached hydrogen (secondary N) is 1. The van der Waals surface area contributed by atoms with Gasteiger partial charge in [0.1, 0.15) is 6.61 Å². The molecular formula is C18H13Cl2F7N2O2. The fraction of sp³-hybridized carbons (Fsp3) is 0.278. The van der Waals surface area contributed by atoms with E-state index in [1.165, 1.54) is 13.2 Å². The number of rotatable bonds is 8. The average Bonchev–Trinajstić information content (AvgIpc) is 2.67. The molecule has 0 heterocycles. The van der Waals surface area contributed by atoms with Crippen LogP contribution in [0.3, 0.4) is 0 Å². The Labute approximate surface area is 181 Å². The Hall–Kier alpha value is -2.40. The Balaban J connectivity index is 2.16. The van der Waals surface area contributed by atoms with Crippen molar-refractivity contribution in [3.63, 3.8) is 0 Å². The van der Waals surface area contributed by atoms with Crippen molar-refractivity contribution < 1.29 is 40.2 Å². The molecule has 31 heavy (non-hydrogen) atoms. The van der Waals surface area contributed by atoms with Gasteiger partial charge in [0.2, 0.25) is 0 Å². The lowest BCUT2D eigenvalue weighted by molar-refractivity contribution is -0.361. The van der Waals surface area contributed by atoms with Crippen LogP contribution in [-0.2, 0) is 6.61 Å². The van der Waals surface area contributed by atoms with Gasteiger partial charge in [-0.1, -0.05) is 35.3 Å². The smallest absolute Gasteiger partial charge is 0.462 e. The maximum absolute atomic E-state index is 13.2. The topological polar surface area (TPSA) is 42.8 Å². The molecule has 0 aliphatic carbocycles. The molecule has 0 radical (unpaired) electrons. The Morgan fingerprint density at radius 2 is 1.61 bits per heavy atom. The van der Waals surface area contributed by atoms with Crippen molar-refractivity contribution in [3.05, 3.63) is 57.6 Å².